The predicted octanol–water partition coefficient (Wildman–Crippen LogP) is 4.44. The Labute approximate surface area is 113 Å². The molecule has 2 atom stereocenters. The summed E-state index contributed by atoms with van der Waals surface area (Å²) < 4.78 is 39.1. The number of likely N-dealkylation sites (N-methyl/N-ethyl adjacent to an activating group) is 1. The van der Waals surface area contributed by atoms with Crippen LogP contribution in [-0.2, 0) is 6.18 Å². The summed E-state index contributed by atoms with van der Waals surface area (Å²) in [6.07, 6.45) is -4.29. The lowest BCUT2D eigenvalue weighted by Crippen LogP contribution is -2.38. The SMILES string of the molecule is CCNC(C(C)C)C(C)c1ccccc1C(F)(F)F. The average molecular weight is 273 g/mol. The van der Waals surface area contributed by atoms with Gasteiger partial charge in [-0.2, -0.15) is 13.2 Å². The van der Waals surface area contributed by atoms with Crippen molar-refractivity contribution in [3.63, 3.8) is 0 Å². The summed E-state index contributed by atoms with van der Waals surface area (Å²) in [5.41, 5.74) is -0.152. The molecular weight excluding hydrogens is 251 g/mol. The van der Waals surface area contributed by atoms with Crippen LogP contribution in [-0.4, -0.2) is 12.6 Å². The van der Waals surface area contributed by atoms with Gasteiger partial charge in [0.1, 0.15) is 0 Å². The molecule has 2 unspecified atom stereocenters. The van der Waals surface area contributed by atoms with Gasteiger partial charge in [0, 0.05) is 6.04 Å². The van der Waals surface area contributed by atoms with Crippen LogP contribution in [0.1, 0.15) is 44.7 Å². The molecule has 0 spiro atoms. The summed E-state index contributed by atoms with van der Waals surface area (Å²) in [5, 5.41) is 3.29. The molecule has 0 amide bonds. The second kappa shape index (κ2) is 6.42. The average Bonchev–Trinajstić information content (AvgIpc) is 2.33. The largest absolute Gasteiger partial charge is 0.416 e. The maximum atomic E-state index is 13.0. The molecular formula is C15H22F3N. The fraction of sp³-hybridized carbons (Fsp3) is 0.600. The molecule has 0 bridgehead atoms. The summed E-state index contributed by atoms with van der Waals surface area (Å²) in [4.78, 5) is 0. The number of nitrogens with one attached hydrogen (secondary N) is 1. The Bertz CT molecular complexity index is 399. The van der Waals surface area contributed by atoms with Crippen molar-refractivity contribution in [3.8, 4) is 0 Å². The van der Waals surface area contributed by atoms with E-state index in [1.807, 2.05) is 27.7 Å². The number of halogens is 3. The third-order valence-electron chi connectivity index (χ3n) is 3.45. The number of alkyl halides is 3. The van der Waals surface area contributed by atoms with E-state index < -0.39 is 11.7 Å². The Morgan fingerprint density at radius 1 is 1.11 bits per heavy atom. The van der Waals surface area contributed by atoms with E-state index in [0.29, 0.717) is 5.56 Å². The molecule has 1 N–H and O–H groups in total. The lowest BCUT2D eigenvalue weighted by Gasteiger charge is -2.30. The van der Waals surface area contributed by atoms with Crippen molar-refractivity contribution in [2.45, 2.75) is 45.8 Å². The maximum Gasteiger partial charge on any atom is 0.416 e. The monoisotopic (exact) mass is 273 g/mol. The van der Waals surface area contributed by atoms with Crippen molar-refractivity contribution < 1.29 is 13.2 Å². The van der Waals surface area contributed by atoms with E-state index in [0.717, 1.165) is 12.6 Å². The lowest BCUT2D eigenvalue weighted by molar-refractivity contribution is -0.138. The Morgan fingerprint density at radius 2 is 1.68 bits per heavy atom. The van der Waals surface area contributed by atoms with Crippen LogP contribution in [0.25, 0.3) is 0 Å². The molecule has 0 saturated carbocycles. The Hall–Kier alpha value is -1.03. The molecule has 0 aliphatic rings. The third kappa shape index (κ3) is 3.96. The highest BCUT2D eigenvalue weighted by atomic mass is 19.4. The van der Waals surface area contributed by atoms with E-state index in [1.54, 1.807) is 12.1 Å². The molecule has 1 aromatic rings. The molecule has 1 nitrogen and oxygen atoms in total. The summed E-state index contributed by atoms with van der Waals surface area (Å²) in [6.45, 7) is 8.64. The first kappa shape index (κ1) is 16.0. The molecule has 108 valence electrons. The summed E-state index contributed by atoms with van der Waals surface area (Å²) in [6, 6.07) is 5.89. The number of hydrogen-bond acceptors (Lipinski definition) is 1. The minimum atomic E-state index is -4.29. The highest BCUT2D eigenvalue weighted by Gasteiger charge is 2.35. The summed E-state index contributed by atoms with van der Waals surface area (Å²) in [7, 11) is 0. The van der Waals surface area contributed by atoms with Gasteiger partial charge < -0.3 is 5.32 Å². The summed E-state index contributed by atoms with van der Waals surface area (Å²) >= 11 is 0. The van der Waals surface area contributed by atoms with Crippen LogP contribution < -0.4 is 5.32 Å². The van der Waals surface area contributed by atoms with Crippen LogP contribution in [0.3, 0.4) is 0 Å². The van der Waals surface area contributed by atoms with Crippen molar-refractivity contribution >= 4 is 0 Å². The van der Waals surface area contributed by atoms with E-state index in [4.69, 9.17) is 0 Å². The number of benzene rings is 1. The quantitative estimate of drug-likeness (QED) is 0.836. The van der Waals surface area contributed by atoms with Gasteiger partial charge in [-0.25, -0.2) is 0 Å². The van der Waals surface area contributed by atoms with Crippen molar-refractivity contribution in [1.29, 1.82) is 0 Å². The normalized spacial score (nSPS) is 15.6. The highest BCUT2D eigenvalue weighted by Crippen LogP contribution is 2.36. The van der Waals surface area contributed by atoms with E-state index in [2.05, 4.69) is 5.32 Å². The minimum absolute atomic E-state index is 0.0356. The Kier molecular flexibility index (Phi) is 5.41. The molecule has 4 heteroatoms. The molecule has 1 rings (SSSR count). The van der Waals surface area contributed by atoms with Crippen molar-refractivity contribution in [2.24, 2.45) is 5.92 Å². The van der Waals surface area contributed by atoms with Gasteiger partial charge in [0.2, 0.25) is 0 Å². The van der Waals surface area contributed by atoms with Gasteiger partial charge in [0.05, 0.1) is 5.56 Å². The van der Waals surface area contributed by atoms with Crippen molar-refractivity contribution in [1.82, 2.24) is 5.32 Å². The van der Waals surface area contributed by atoms with E-state index in [-0.39, 0.29) is 17.9 Å². The molecule has 0 radical (unpaired) electrons. The van der Waals surface area contributed by atoms with Crippen LogP contribution in [0, 0.1) is 5.92 Å². The molecule has 0 aliphatic heterocycles. The smallest absolute Gasteiger partial charge is 0.313 e. The second-order valence-corrected chi connectivity index (χ2v) is 5.20. The first-order chi connectivity index (χ1) is 8.79. The highest BCUT2D eigenvalue weighted by molar-refractivity contribution is 5.33. The first-order valence-corrected chi connectivity index (χ1v) is 6.68. The molecule has 0 aromatic heterocycles. The molecule has 0 saturated heterocycles. The van der Waals surface area contributed by atoms with Gasteiger partial charge in [0.15, 0.2) is 0 Å². The zero-order valence-corrected chi connectivity index (χ0v) is 11.9. The lowest BCUT2D eigenvalue weighted by atomic mass is 9.84. The van der Waals surface area contributed by atoms with Gasteiger partial charge in [-0.05, 0) is 30.0 Å². The van der Waals surface area contributed by atoms with Gasteiger partial charge in [-0.15, -0.1) is 0 Å². The predicted molar refractivity (Wildman–Crippen MR) is 72.2 cm³/mol. The Morgan fingerprint density at radius 3 is 2.16 bits per heavy atom. The topological polar surface area (TPSA) is 12.0 Å². The maximum absolute atomic E-state index is 13.0. The molecule has 1 aromatic carbocycles. The third-order valence-corrected chi connectivity index (χ3v) is 3.45. The zero-order valence-electron chi connectivity index (χ0n) is 11.9. The fourth-order valence-corrected chi connectivity index (χ4v) is 2.57. The fourth-order valence-electron chi connectivity index (χ4n) is 2.57. The first-order valence-electron chi connectivity index (χ1n) is 6.68. The van der Waals surface area contributed by atoms with Crippen LogP contribution in [0.5, 0.6) is 0 Å². The van der Waals surface area contributed by atoms with Gasteiger partial charge >= 0.3 is 6.18 Å². The standard InChI is InChI=1S/C15H22F3N/c1-5-19-14(10(2)3)11(4)12-8-6-7-9-13(12)15(16,17)18/h6-11,14,19H,5H2,1-4H3. The van der Waals surface area contributed by atoms with Crippen LogP contribution in [0.4, 0.5) is 13.2 Å². The van der Waals surface area contributed by atoms with Gasteiger partial charge in [-0.1, -0.05) is 45.9 Å². The van der Waals surface area contributed by atoms with Gasteiger partial charge in [-0.3, -0.25) is 0 Å². The number of rotatable bonds is 5. The van der Waals surface area contributed by atoms with Crippen LogP contribution in [0.2, 0.25) is 0 Å². The Balaban J connectivity index is 3.14. The van der Waals surface area contributed by atoms with Crippen LogP contribution >= 0.6 is 0 Å². The van der Waals surface area contributed by atoms with Crippen molar-refractivity contribution in [3.05, 3.63) is 35.4 Å². The molecule has 0 aliphatic carbocycles. The second-order valence-electron chi connectivity index (χ2n) is 5.20. The minimum Gasteiger partial charge on any atom is -0.313 e. The molecule has 0 heterocycles. The van der Waals surface area contributed by atoms with Gasteiger partial charge in [0.25, 0.3) is 0 Å². The molecule has 0 fully saturated rings. The zero-order chi connectivity index (χ0) is 14.6. The summed E-state index contributed by atoms with van der Waals surface area (Å²) in [5.74, 6) is 0.0917. The van der Waals surface area contributed by atoms with Crippen molar-refractivity contribution in [2.75, 3.05) is 6.54 Å². The van der Waals surface area contributed by atoms with E-state index in [9.17, 15) is 13.2 Å². The van der Waals surface area contributed by atoms with Crippen LogP contribution in [0.15, 0.2) is 24.3 Å². The van der Waals surface area contributed by atoms with E-state index >= 15 is 0 Å². The van der Waals surface area contributed by atoms with E-state index in [1.165, 1.54) is 6.07 Å². The number of hydrogen-bond donors (Lipinski definition) is 1. The molecule has 19 heavy (non-hydrogen) atoms.